The van der Waals surface area contributed by atoms with Gasteiger partial charge in [-0.05, 0) is 56.2 Å². The molecule has 0 radical (unpaired) electrons. The summed E-state index contributed by atoms with van der Waals surface area (Å²) in [5.41, 5.74) is 2.59. The van der Waals surface area contributed by atoms with Gasteiger partial charge in [0.05, 0.1) is 5.52 Å². The zero-order valence-corrected chi connectivity index (χ0v) is 18.5. The summed E-state index contributed by atoms with van der Waals surface area (Å²) >= 11 is 6.11. The molecule has 3 heterocycles. The van der Waals surface area contributed by atoms with Crippen LogP contribution >= 0.6 is 11.6 Å². The van der Waals surface area contributed by atoms with Gasteiger partial charge < -0.3 is 9.80 Å². The Hall–Kier alpha value is -3.19. The van der Waals surface area contributed by atoms with E-state index in [9.17, 15) is 4.79 Å². The molecule has 4 aromatic rings. The number of amides is 1. The van der Waals surface area contributed by atoms with Crippen molar-refractivity contribution >= 4 is 40.0 Å². The summed E-state index contributed by atoms with van der Waals surface area (Å²) in [6, 6.07) is 15.7. The van der Waals surface area contributed by atoms with Crippen LogP contribution in [-0.4, -0.2) is 56.1 Å². The Morgan fingerprint density at radius 3 is 2.56 bits per heavy atom. The molecule has 0 spiro atoms. The SMILES string of the molecule is C[C@@H]1CN(c2nc3ccccc3c3nnc(-c4ccc(Cl)cc4)n23)CCN1C(=O)C1CC1. The quantitative estimate of drug-likeness (QED) is 0.475. The standard InChI is InChI=1S/C24H23ClN6O/c1-15-14-29(12-13-30(15)23(32)17-6-7-17)24-26-20-5-3-2-4-19(20)22-28-27-21(31(22)24)16-8-10-18(25)11-9-16/h2-5,8-11,15,17H,6-7,12-14H2,1H3/t15-/m1/s1. The van der Waals surface area contributed by atoms with Crippen molar-refractivity contribution in [1.29, 1.82) is 0 Å². The van der Waals surface area contributed by atoms with Gasteiger partial charge in [-0.1, -0.05) is 23.7 Å². The molecule has 1 aliphatic carbocycles. The topological polar surface area (TPSA) is 66.6 Å². The maximum atomic E-state index is 12.7. The molecule has 0 unspecified atom stereocenters. The number of piperazine rings is 1. The third-order valence-electron chi connectivity index (χ3n) is 6.45. The van der Waals surface area contributed by atoms with E-state index in [1.165, 1.54) is 0 Å². The van der Waals surface area contributed by atoms with E-state index >= 15 is 0 Å². The van der Waals surface area contributed by atoms with Crippen LogP contribution in [0.1, 0.15) is 19.8 Å². The smallest absolute Gasteiger partial charge is 0.226 e. The van der Waals surface area contributed by atoms with Crippen LogP contribution in [0, 0.1) is 5.92 Å². The van der Waals surface area contributed by atoms with Gasteiger partial charge in [-0.25, -0.2) is 9.38 Å². The number of anilines is 1. The summed E-state index contributed by atoms with van der Waals surface area (Å²) < 4.78 is 2.04. The van der Waals surface area contributed by atoms with Gasteiger partial charge in [-0.2, -0.15) is 0 Å². The molecule has 0 bridgehead atoms. The van der Waals surface area contributed by atoms with Crippen molar-refractivity contribution in [2.24, 2.45) is 5.92 Å². The van der Waals surface area contributed by atoms with Crippen molar-refractivity contribution in [1.82, 2.24) is 24.5 Å². The Balaban J connectivity index is 1.47. The van der Waals surface area contributed by atoms with Crippen molar-refractivity contribution < 1.29 is 4.79 Å². The molecular weight excluding hydrogens is 424 g/mol. The first-order valence-electron chi connectivity index (χ1n) is 11.1. The van der Waals surface area contributed by atoms with E-state index in [1.54, 1.807) is 0 Å². The largest absolute Gasteiger partial charge is 0.338 e. The number of para-hydroxylation sites is 1. The highest BCUT2D eigenvalue weighted by molar-refractivity contribution is 6.30. The average molecular weight is 447 g/mol. The van der Waals surface area contributed by atoms with Crippen LogP contribution in [0.25, 0.3) is 27.9 Å². The molecule has 0 N–H and O–H groups in total. The van der Waals surface area contributed by atoms with Gasteiger partial charge in [0, 0.05) is 47.6 Å². The zero-order valence-electron chi connectivity index (χ0n) is 17.8. The summed E-state index contributed by atoms with van der Waals surface area (Å²) in [6.45, 7) is 4.26. The van der Waals surface area contributed by atoms with Gasteiger partial charge in [-0.3, -0.25) is 4.79 Å². The van der Waals surface area contributed by atoms with Gasteiger partial charge in [0.2, 0.25) is 11.9 Å². The van der Waals surface area contributed by atoms with Crippen LogP contribution in [0.2, 0.25) is 5.02 Å². The second-order valence-electron chi connectivity index (χ2n) is 8.72. The number of hydrogen-bond donors (Lipinski definition) is 0. The van der Waals surface area contributed by atoms with Crippen LogP contribution in [0.5, 0.6) is 0 Å². The molecule has 2 aliphatic rings. The van der Waals surface area contributed by atoms with Crippen molar-refractivity contribution in [3.8, 4) is 11.4 Å². The maximum Gasteiger partial charge on any atom is 0.226 e. The number of halogens is 1. The molecule has 1 amide bonds. The molecule has 2 aromatic carbocycles. The summed E-state index contributed by atoms with van der Waals surface area (Å²) in [5, 5.41) is 10.7. The van der Waals surface area contributed by atoms with E-state index in [0.29, 0.717) is 17.5 Å². The molecule has 1 saturated carbocycles. The van der Waals surface area contributed by atoms with Crippen molar-refractivity contribution in [3.05, 3.63) is 53.6 Å². The lowest BCUT2D eigenvalue weighted by atomic mass is 10.1. The zero-order chi connectivity index (χ0) is 21.8. The normalized spacial score (nSPS) is 19.1. The van der Waals surface area contributed by atoms with Crippen LogP contribution in [-0.2, 0) is 4.79 Å². The minimum Gasteiger partial charge on any atom is -0.338 e. The lowest BCUT2D eigenvalue weighted by Crippen LogP contribution is -2.55. The third-order valence-corrected chi connectivity index (χ3v) is 6.70. The number of hydrogen-bond acceptors (Lipinski definition) is 5. The van der Waals surface area contributed by atoms with Crippen molar-refractivity contribution in [3.63, 3.8) is 0 Å². The van der Waals surface area contributed by atoms with Crippen molar-refractivity contribution in [2.45, 2.75) is 25.8 Å². The van der Waals surface area contributed by atoms with Crippen LogP contribution in [0.3, 0.4) is 0 Å². The summed E-state index contributed by atoms with van der Waals surface area (Å²) in [7, 11) is 0. The van der Waals surface area contributed by atoms with Gasteiger partial charge in [0.25, 0.3) is 0 Å². The number of nitrogens with zero attached hydrogens (tertiary/aromatic N) is 6. The maximum absolute atomic E-state index is 12.7. The monoisotopic (exact) mass is 446 g/mol. The first-order valence-corrected chi connectivity index (χ1v) is 11.4. The molecule has 2 fully saturated rings. The lowest BCUT2D eigenvalue weighted by Gasteiger charge is -2.40. The minimum atomic E-state index is 0.121. The average Bonchev–Trinajstić information content (AvgIpc) is 3.57. The Morgan fingerprint density at radius 1 is 1.03 bits per heavy atom. The molecule has 1 aliphatic heterocycles. The predicted molar refractivity (Wildman–Crippen MR) is 125 cm³/mol. The molecule has 162 valence electrons. The van der Waals surface area contributed by atoms with Crippen LogP contribution < -0.4 is 4.90 Å². The van der Waals surface area contributed by atoms with E-state index in [1.807, 2.05) is 57.8 Å². The number of benzene rings is 2. The van der Waals surface area contributed by atoms with Gasteiger partial charge >= 0.3 is 0 Å². The fraction of sp³-hybridized carbons (Fsp3) is 0.333. The Morgan fingerprint density at radius 2 is 1.81 bits per heavy atom. The first kappa shape index (κ1) is 19.5. The van der Waals surface area contributed by atoms with Crippen LogP contribution in [0.4, 0.5) is 5.95 Å². The summed E-state index contributed by atoms with van der Waals surface area (Å²) in [4.78, 5) is 22.0. The van der Waals surface area contributed by atoms with Gasteiger partial charge in [-0.15, -0.1) is 10.2 Å². The van der Waals surface area contributed by atoms with E-state index in [0.717, 1.165) is 59.8 Å². The fourth-order valence-corrected chi connectivity index (χ4v) is 4.72. The molecule has 1 saturated heterocycles. The third kappa shape index (κ3) is 3.19. The molecule has 32 heavy (non-hydrogen) atoms. The fourth-order valence-electron chi connectivity index (χ4n) is 4.60. The molecule has 8 heteroatoms. The summed E-state index contributed by atoms with van der Waals surface area (Å²) in [6.07, 6.45) is 2.06. The molecule has 6 rings (SSSR count). The number of carbonyl (C=O) groups is 1. The minimum absolute atomic E-state index is 0.121. The molecule has 2 aromatic heterocycles. The van der Waals surface area contributed by atoms with E-state index in [2.05, 4.69) is 22.0 Å². The lowest BCUT2D eigenvalue weighted by molar-refractivity contribution is -0.134. The second-order valence-corrected chi connectivity index (χ2v) is 9.16. The predicted octanol–water partition coefficient (Wildman–Crippen LogP) is 4.05. The van der Waals surface area contributed by atoms with Crippen molar-refractivity contribution in [2.75, 3.05) is 24.5 Å². The highest BCUT2D eigenvalue weighted by Crippen LogP contribution is 2.33. The molecule has 1 atom stereocenters. The highest BCUT2D eigenvalue weighted by Gasteiger charge is 2.38. The van der Waals surface area contributed by atoms with E-state index < -0.39 is 0 Å². The number of aromatic nitrogens is 4. The second kappa shape index (κ2) is 7.45. The van der Waals surface area contributed by atoms with E-state index in [-0.39, 0.29) is 12.0 Å². The van der Waals surface area contributed by atoms with Crippen LogP contribution in [0.15, 0.2) is 48.5 Å². The Labute approximate surface area is 190 Å². The highest BCUT2D eigenvalue weighted by atomic mass is 35.5. The molecular formula is C24H23ClN6O. The van der Waals surface area contributed by atoms with E-state index in [4.69, 9.17) is 16.6 Å². The Bertz CT molecular complexity index is 1330. The molecule has 7 nitrogen and oxygen atoms in total. The Kier molecular flexibility index (Phi) is 4.54. The van der Waals surface area contributed by atoms with Gasteiger partial charge in [0.1, 0.15) is 0 Å². The van der Waals surface area contributed by atoms with Gasteiger partial charge in [0.15, 0.2) is 11.5 Å². The number of carbonyl (C=O) groups excluding carboxylic acids is 1. The first-order chi connectivity index (χ1) is 15.6. The number of fused-ring (bicyclic) bond motifs is 3. The number of rotatable bonds is 3. The summed E-state index contributed by atoms with van der Waals surface area (Å²) in [5.74, 6) is 2.08.